The fraction of sp³-hybridized carbons (Fsp3) is 0.182. The lowest BCUT2D eigenvalue weighted by atomic mass is 10.3. The topological polar surface area (TPSA) is 84.9 Å². The van der Waals surface area contributed by atoms with Gasteiger partial charge in [-0.25, -0.2) is 8.42 Å². The van der Waals surface area contributed by atoms with Crippen molar-refractivity contribution in [2.24, 2.45) is 0 Å². The molecule has 0 saturated carbocycles. The Morgan fingerprint density at radius 1 is 0.758 bits per heavy atom. The number of alkyl halides is 3. The maximum atomic E-state index is 10.7. The standard InChI is InChI=1S/C21H21O3S.CHF3O3S/c1-22-16-14-19(23-2)21(20(15-16)24-3)25(17-10-6-4-7-11-17)18-12-8-5-9-13-18;2-1(3,4)8(5,6)7/h4-15H,1-3H3;(H,5,6,7)/q+1;/p-1. The Balaban J connectivity index is 0.000000414. The van der Waals surface area contributed by atoms with Crippen LogP contribution < -0.4 is 14.2 Å². The predicted molar refractivity (Wildman–Crippen MR) is 117 cm³/mol. The highest BCUT2D eigenvalue weighted by molar-refractivity contribution is 7.97. The average Bonchev–Trinajstić information content (AvgIpc) is 2.79. The highest BCUT2D eigenvalue weighted by atomic mass is 32.2. The van der Waals surface area contributed by atoms with E-state index >= 15 is 0 Å². The van der Waals surface area contributed by atoms with E-state index in [9.17, 15) is 13.2 Å². The third-order valence-electron chi connectivity index (χ3n) is 4.12. The van der Waals surface area contributed by atoms with Crippen LogP contribution >= 0.6 is 0 Å². The van der Waals surface area contributed by atoms with Crippen molar-refractivity contribution >= 4 is 21.0 Å². The Morgan fingerprint density at radius 2 is 1.12 bits per heavy atom. The van der Waals surface area contributed by atoms with Gasteiger partial charge in [0.15, 0.2) is 31.4 Å². The highest BCUT2D eigenvalue weighted by Gasteiger charge is 2.37. The SMILES string of the molecule is COc1cc(OC)c([S+](c2ccccc2)c2ccccc2)c(OC)c1.O=S(=O)([O-])C(F)(F)F. The summed E-state index contributed by atoms with van der Waals surface area (Å²) in [6.45, 7) is 0. The third-order valence-corrected chi connectivity index (χ3v) is 6.98. The van der Waals surface area contributed by atoms with E-state index in [4.69, 9.17) is 27.2 Å². The molecule has 0 aliphatic carbocycles. The molecule has 0 N–H and O–H groups in total. The van der Waals surface area contributed by atoms with E-state index < -0.39 is 15.6 Å². The first-order chi connectivity index (χ1) is 15.5. The Kier molecular flexibility index (Phi) is 9.03. The van der Waals surface area contributed by atoms with Gasteiger partial charge in [0.2, 0.25) is 4.90 Å². The van der Waals surface area contributed by atoms with Gasteiger partial charge in [-0.15, -0.1) is 0 Å². The van der Waals surface area contributed by atoms with Crippen LogP contribution in [0.4, 0.5) is 13.2 Å². The fourth-order valence-electron chi connectivity index (χ4n) is 2.66. The minimum Gasteiger partial charge on any atom is -0.741 e. The second-order valence-electron chi connectivity index (χ2n) is 6.19. The Morgan fingerprint density at radius 3 is 1.39 bits per heavy atom. The van der Waals surface area contributed by atoms with Crippen molar-refractivity contribution in [3.05, 3.63) is 72.8 Å². The smallest absolute Gasteiger partial charge is 0.485 e. The molecule has 3 aromatic rings. The number of halogens is 3. The van der Waals surface area contributed by atoms with E-state index in [0.29, 0.717) is 5.75 Å². The molecule has 0 spiro atoms. The van der Waals surface area contributed by atoms with Crippen molar-refractivity contribution in [3.63, 3.8) is 0 Å². The second-order valence-corrected chi connectivity index (χ2v) is 9.53. The van der Waals surface area contributed by atoms with Crippen LogP contribution in [0, 0.1) is 0 Å². The Bertz CT molecular complexity index is 1070. The molecule has 0 atom stereocenters. The lowest BCUT2D eigenvalue weighted by Gasteiger charge is -2.15. The minimum atomic E-state index is -6.09. The van der Waals surface area contributed by atoms with E-state index in [1.54, 1.807) is 21.3 Å². The van der Waals surface area contributed by atoms with Crippen LogP contribution in [0.3, 0.4) is 0 Å². The van der Waals surface area contributed by atoms with Gasteiger partial charge in [0.1, 0.15) is 16.6 Å². The zero-order valence-corrected chi connectivity index (χ0v) is 19.5. The third kappa shape index (κ3) is 6.80. The number of ether oxygens (including phenoxy) is 3. The Labute approximate surface area is 193 Å². The first-order valence-corrected chi connectivity index (χ1v) is 11.8. The molecular formula is C22H21F3O6S2. The Hall–Kier alpha value is -2.89. The van der Waals surface area contributed by atoms with Gasteiger partial charge in [0, 0.05) is 12.1 Å². The van der Waals surface area contributed by atoms with Gasteiger partial charge in [0.25, 0.3) is 0 Å². The van der Waals surface area contributed by atoms with E-state index in [2.05, 4.69) is 48.5 Å². The van der Waals surface area contributed by atoms with Crippen LogP contribution in [-0.4, -0.2) is 39.8 Å². The van der Waals surface area contributed by atoms with Crippen molar-refractivity contribution in [1.82, 2.24) is 0 Å². The molecule has 0 fully saturated rings. The molecule has 0 saturated heterocycles. The summed E-state index contributed by atoms with van der Waals surface area (Å²) >= 11 is 0. The van der Waals surface area contributed by atoms with E-state index in [1.807, 2.05) is 24.3 Å². The van der Waals surface area contributed by atoms with Crippen LogP contribution in [0.2, 0.25) is 0 Å². The van der Waals surface area contributed by atoms with Crippen LogP contribution in [-0.2, 0) is 21.0 Å². The van der Waals surface area contributed by atoms with Crippen LogP contribution in [0.15, 0.2) is 87.5 Å². The quantitative estimate of drug-likeness (QED) is 0.272. The summed E-state index contributed by atoms with van der Waals surface area (Å²) in [4.78, 5) is 3.43. The number of hydrogen-bond acceptors (Lipinski definition) is 6. The summed E-state index contributed by atoms with van der Waals surface area (Å²) in [7, 11) is -1.45. The first-order valence-electron chi connectivity index (χ1n) is 9.20. The molecule has 0 unspecified atom stereocenters. The van der Waals surface area contributed by atoms with Gasteiger partial charge < -0.3 is 18.8 Å². The highest BCUT2D eigenvalue weighted by Crippen LogP contribution is 2.44. The number of benzene rings is 3. The van der Waals surface area contributed by atoms with Crippen LogP contribution in [0.25, 0.3) is 0 Å². The summed E-state index contributed by atoms with van der Waals surface area (Å²) in [5.74, 6) is 2.22. The predicted octanol–water partition coefficient (Wildman–Crippen LogP) is 4.86. The van der Waals surface area contributed by atoms with Crippen molar-refractivity contribution in [2.45, 2.75) is 20.2 Å². The molecule has 0 aromatic heterocycles. The van der Waals surface area contributed by atoms with Gasteiger partial charge in [-0.1, -0.05) is 36.4 Å². The zero-order valence-electron chi connectivity index (χ0n) is 17.8. The molecule has 0 bridgehead atoms. The molecule has 0 heterocycles. The summed E-state index contributed by atoms with van der Waals surface area (Å²) in [6, 6.07) is 24.6. The normalized spacial score (nSPS) is 11.4. The lowest BCUT2D eigenvalue weighted by molar-refractivity contribution is -0.0517. The first kappa shape index (κ1) is 26.4. The fourth-order valence-corrected chi connectivity index (χ4v) is 4.95. The van der Waals surface area contributed by atoms with Crippen LogP contribution in [0.1, 0.15) is 0 Å². The molecule has 33 heavy (non-hydrogen) atoms. The molecule has 6 nitrogen and oxygen atoms in total. The van der Waals surface area contributed by atoms with Crippen molar-refractivity contribution in [3.8, 4) is 17.2 Å². The molecule has 0 aliphatic heterocycles. The summed E-state index contributed by atoms with van der Waals surface area (Å²) in [5, 5.41) is 0. The molecular weight excluding hydrogens is 481 g/mol. The summed E-state index contributed by atoms with van der Waals surface area (Å²) in [5.41, 5.74) is -5.65. The van der Waals surface area contributed by atoms with E-state index in [1.165, 1.54) is 9.79 Å². The maximum absolute atomic E-state index is 10.7. The number of methoxy groups -OCH3 is 3. The van der Waals surface area contributed by atoms with E-state index in [0.717, 1.165) is 16.4 Å². The molecule has 3 rings (SSSR count). The van der Waals surface area contributed by atoms with Crippen molar-refractivity contribution < 1.29 is 40.4 Å². The monoisotopic (exact) mass is 502 g/mol. The minimum absolute atomic E-state index is 0.353. The molecule has 0 amide bonds. The zero-order chi connectivity index (χ0) is 24.6. The average molecular weight is 503 g/mol. The van der Waals surface area contributed by atoms with Gasteiger partial charge in [0.05, 0.1) is 21.3 Å². The molecule has 178 valence electrons. The lowest BCUT2D eigenvalue weighted by Crippen LogP contribution is -2.21. The van der Waals surface area contributed by atoms with Crippen molar-refractivity contribution in [1.29, 1.82) is 0 Å². The van der Waals surface area contributed by atoms with Gasteiger partial charge in [-0.2, -0.15) is 13.2 Å². The maximum Gasteiger partial charge on any atom is 0.485 e. The molecule has 0 aliphatic rings. The molecule has 3 aromatic carbocycles. The number of rotatable bonds is 6. The second kappa shape index (κ2) is 11.3. The molecule has 11 heteroatoms. The van der Waals surface area contributed by atoms with Crippen LogP contribution in [0.5, 0.6) is 17.2 Å². The van der Waals surface area contributed by atoms with E-state index in [-0.39, 0.29) is 10.9 Å². The van der Waals surface area contributed by atoms with Gasteiger partial charge in [-0.05, 0) is 24.3 Å². The largest absolute Gasteiger partial charge is 0.741 e. The molecule has 0 radical (unpaired) electrons. The van der Waals surface area contributed by atoms with Crippen molar-refractivity contribution in [2.75, 3.05) is 21.3 Å². The van der Waals surface area contributed by atoms with Gasteiger partial charge in [-0.3, -0.25) is 0 Å². The summed E-state index contributed by atoms with van der Waals surface area (Å²) < 4.78 is 75.7. The summed E-state index contributed by atoms with van der Waals surface area (Å²) in [6.07, 6.45) is 0. The number of hydrogen-bond donors (Lipinski definition) is 0. The van der Waals surface area contributed by atoms with Gasteiger partial charge >= 0.3 is 5.51 Å².